The number of benzene rings is 1. The second-order valence-corrected chi connectivity index (χ2v) is 6.89. The number of amides is 1. The van der Waals surface area contributed by atoms with Gasteiger partial charge in [-0.2, -0.15) is 0 Å². The van der Waals surface area contributed by atoms with E-state index in [2.05, 4.69) is 15.9 Å². The Hall–Kier alpha value is -1.92. The second kappa shape index (κ2) is 7.10. The molecular formula is C17H13BrFNO2S. The van der Waals surface area contributed by atoms with Crippen LogP contribution < -0.4 is 0 Å². The van der Waals surface area contributed by atoms with Crippen molar-refractivity contribution in [3.8, 4) is 0 Å². The predicted molar refractivity (Wildman–Crippen MR) is 90.7 cm³/mol. The third-order valence-corrected chi connectivity index (χ3v) is 4.65. The minimum atomic E-state index is -0.533. The summed E-state index contributed by atoms with van der Waals surface area (Å²) < 4.78 is 20.0. The minimum Gasteiger partial charge on any atom is -0.467 e. The van der Waals surface area contributed by atoms with Crippen LogP contribution in [-0.2, 0) is 13.1 Å². The quantitative estimate of drug-likeness (QED) is 0.604. The standard InChI is InChI=1S/C17H13BrFNO2S/c18-12-5-6-16(19)15(9-12)17(21)20(10-13-3-1-7-22-13)11-14-4-2-8-23-14/h1-9H,10-11H2. The Kier molecular flexibility index (Phi) is 4.93. The number of hydrogen-bond donors (Lipinski definition) is 0. The first-order valence-electron chi connectivity index (χ1n) is 6.92. The summed E-state index contributed by atoms with van der Waals surface area (Å²) in [6.07, 6.45) is 1.56. The van der Waals surface area contributed by atoms with E-state index in [1.165, 1.54) is 12.1 Å². The molecule has 2 aromatic heterocycles. The van der Waals surface area contributed by atoms with Crippen LogP contribution in [0.25, 0.3) is 0 Å². The Morgan fingerprint density at radius 2 is 2.09 bits per heavy atom. The molecule has 3 rings (SSSR count). The molecule has 3 aromatic rings. The van der Waals surface area contributed by atoms with Gasteiger partial charge < -0.3 is 9.32 Å². The summed E-state index contributed by atoms with van der Waals surface area (Å²) in [7, 11) is 0. The number of furan rings is 1. The number of halogens is 2. The van der Waals surface area contributed by atoms with Gasteiger partial charge in [-0.3, -0.25) is 4.79 Å². The van der Waals surface area contributed by atoms with Gasteiger partial charge in [0.05, 0.1) is 24.9 Å². The van der Waals surface area contributed by atoms with Gasteiger partial charge in [-0.1, -0.05) is 22.0 Å². The summed E-state index contributed by atoms with van der Waals surface area (Å²) in [5, 5.41) is 1.95. The molecule has 0 aliphatic rings. The van der Waals surface area contributed by atoms with Crippen molar-refractivity contribution in [1.82, 2.24) is 4.90 Å². The Bertz CT molecular complexity index is 751. The van der Waals surface area contributed by atoms with Gasteiger partial charge in [0, 0.05) is 9.35 Å². The van der Waals surface area contributed by atoms with Gasteiger partial charge >= 0.3 is 0 Å². The fourth-order valence-electron chi connectivity index (χ4n) is 2.21. The number of carbonyl (C=O) groups excluding carboxylic acids is 1. The highest BCUT2D eigenvalue weighted by molar-refractivity contribution is 9.10. The van der Waals surface area contributed by atoms with Crippen molar-refractivity contribution in [1.29, 1.82) is 0 Å². The number of nitrogens with zero attached hydrogens (tertiary/aromatic N) is 1. The van der Waals surface area contributed by atoms with E-state index >= 15 is 0 Å². The molecule has 0 atom stereocenters. The molecule has 0 bridgehead atoms. The molecule has 3 nitrogen and oxygen atoms in total. The lowest BCUT2D eigenvalue weighted by atomic mass is 10.1. The van der Waals surface area contributed by atoms with Crippen LogP contribution in [0.4, 0.5) is 4.39 Å². The lowest BCUT2D eigenvalue weighted by molar-refractivity contribution is 0.0714. The maximum absolute atomic E-state index is 14.0. The highest BCUT2D eigenvalue weighted by Gasteiger charge is 2.21. The lowest BCUT2D eigenvalue weighted by Gasteiger charge is -2.21. The summed E-state index contributed by atoms with van der Waals surface area (Å²) in [5.41, 5.74) is 0.0440. The van der Waals surface area contributed by atoms with Crippen molar-refractivity contribution >= 4 is 33.2 Å². The van der Waals surface area contributed by atoms with Crippen LogP contribution in [0.3, 0.4) is 0 Å². The summed E-state index contributed by atoms with van der Waals surface area (Å²) in [5.74, 6) is -0.243. The van der Waals surface area contributed by atoms with Gasteiger partial charge in [-0.05, 0) is 41.8 Å². The maximum Gasteiger partial charge on any atom is 0.257 e. The van der Waals surface area contributed by atoms with Crippen LogP contribution in [0.15, 0.2) is 63.0 Å². The Morgan fingerprint density at radius 1 is 1.22 bits per heavy atom. The fraction of sp³-hybridized carbons (Fsp3) is 0.118. The van der Waals surface area contributed by atoms with Crippen molar-refractivity contribution in [3.05, 3.63) is 80.6 Å². The molecule has 1 amide bonds. The summed E-state index contributed by atoms with van der Waals surface area (Å²) >= 11 is 4.84. The maximum atomic E-state index is 14.0. The van der Waals surface area contributed by atoms with Gasteiger partial charge in [0.2, 0.25) is 0 Å². The zero-order valence-electron chi connectivity index (χ0n) is 12.0. The van der Waals surface area contributed by atoms with E-state index in [-0.39, 0.29) is 18.0 Å². The molecular weight excluding hydrogens is 381 g/mol. The molecule has 0 aliphatic heterocycles. The average Bonchev–Trinajstić information content (AvgIpc) is 3.22. The molecule has 23 heavy (non-hydrogen) atoms. The number of hydrogen-bond acceptors (Lipinski definition) is 3. The second-order valence-electron chi connectivity index (χ2n) is 4.94. The summed E-state index contributed by atoms with van der Waals surface area (Å²) in [6.45, 7) is 0.693. The zero-order valence-corrected chi connectivity index (χ0v) is 14.4. The van der Waals surface area contributed by atoms with Crippen LogP contribution in [-0.4, -0.2) is 10.8 Å². The van der Waals surface area contributed by atoms with Gasteiger partial charge in [0.1, 0.15) is 11.6 Å². The van der Waals surface area contributed by atoms with Gasteiger partial charge in [0.25, 0.3) is 5.91 Å². The van der Waals surface area contributed by atoms with Gasteiger partial charge in [-0.15, -0.1) is 11.3 Å². The molecule has 0 radical (unpaired) electrons. The SMILES string of the molecule is O=C(c1cc(Br)ccc1F)N(Cc1ccco1)Cc1cccs1. The first-order chi connectivity index (χ1) is 11.1. The summed E-state index contributed by atoms with van der Waals surface area (Å²) in [6, 6.07) is 11.8. The summed E-state index contributed by atoms with van der Waals surface area (Å²) in [4.78, 5) is 15.4. The van der Waals surface area contributed by atoms with E-state index < -0.39 is 5.82 Å². The highest BCUT2D eigenvalue weighted by Crippen LogP contribution is 2.21. The van der Waals surface area contributed by atoms with E-state index in [0.29, 0.717) is 16.8 Å². The van der Waals surface area contributed by atoms with Crippen LogP contribution in [0.5, 0.6) is 0 Å². The average molecular weight is 394 g/mol. The Morgan fingerprint density at radius 3 is 2.78 bits per heavy atom. The largest absolute Gasteiger partial charge is 0.467 e. The predicted octanol–water partition coefficient (Wildman–Crippen LogP) is 5.09. The van der Waals surface area contributed by atoms with E-state index in [9.17, 15) is 9.18 Å². The monoisotopic (exact) mass is 393 g/mol. The molecule has 0 saturated carbocycles. The smallest absolute Gasteiger partial charge is 0.257 e. The molecule has 0 aliphatic carbocycles. The molecule has 0 saturated heterocycles. The Balaban J connectivity index is 1.89. The van der Waals surface area contributed by atoms with Crippen molar-refractivity contribution in [2.24, 2.45) is 0 Å². The lowest BCUT2D eigenvalue weighted by Crippen LogP contribution is -2.30. The third kappa shape index (κ3) is 3.89. The van der Waals surface area contributed by atoms with E-state index in [1.807, 2.05) is 17.5 Å². The molecule has 118 valence electrons. The Labute approximate surface area is 145 Å². The topological polar surface area (TPSA) is 33.5 Å². The van der Waals surface area contributed by atoms with Crippen molar-refractivity contribution in [2.75, 3.05) is 0 Å². The zero-order chi connectivity index (χ0) is 16.2. The van der Waals surface area contributed by atoms with Crippen molar-refractivity contribution < 1.29 is 13.6 Å². The fourth-order valence-corrected chi connectivity index (χ4v) is 3.29. The molecule has 6 heteroatoms. The molecule has 0 N–H and O–H groups in total. The van der Waals surface area contributed by atoms with E-state index in [0.717, 1.165) is 4.88 Å². The molecule has 0 fully saturated rings. The normalized spacial score (nSPS) is 10.7. The number of rotatable bonds is 5. The number of thiophene rings is 1. The number of carbonyl (C=O) groups is 1. The first-order valence-corrected chi connectivity index (χ1v) is 8.60. The molecule has 0 unspecified atom stereocenters. The van der Waals surface area contributed by atoms with Crippen LogP contribution in [0, 0.1) is 5.82 Å². The van der Waals surface area contributed by atoms with E-state index in [1.54, 1.807) is 40.7 Å². The van der Waals surface area contributed by atoms with Gasteiger partial charge in [0.15, 0.2) is 0 Å². The van der Waals surface area contributed by atoms with Crippen molar-refractivity contribution in [2.45, 2.75) is 13.1 Å². The molecule has 1 aromatic carbocycles. The highest BCUT2D eigenvalue weighted by atomic mass is 79.9. The molecule has 2 heterocycles. The first kappa shape index (κ1) is 16.0. The minimum absolute atomic E-state index is 0.0440. The van der Waals surface area contributed by atoms with Crippen molar-refractivity contribution in [3.63, 3.8) is 0 Å². The molecule has 0 spiro atoms. The van der Waals surface area contributed by atoms with Gasteiger partial charge in [-0.25, -0.2) is 4.39 Å². The van der Waals surface area contributed by atoms with Crippen LogP contribution in [0.1, 0.15) is 21.0 Å². The van der Waals surface area contributed by atoms with Crippen LogP contribution in [0.2, 0.25) is 0 Å². The van der Waals surface area contributed by atoms with E-state index in [4.69, 9.17) is 4.42 Å². The third-order valence-electron chi connectivity index (χ3n) is 3.30. The van der Waals surface area contributed by atoms with Crippen LogP contribution >= 0.6 is 27.3 Å².